The highest BCUT2D eigenvalue weighted by Gasteiger charge is 2.39. The lowest BCUT2D eigenvalue weighted by Gasteiger charge is -2.43. The van der Waals surface area contributed by atoms with Gasteiger partial charge in [-0.3, -0.25) is 9.89 Å². The van der Waals surface area contributed by atoms with Gasteiger partial charge in [-0.25, -0.2) is 0 Å². The van der Waals surface area contributed by atoms with E-state index in [1.165, 1.54) is 31.6 Å². The summed E-state index contributed by atoms with van der Waals surface area (Å²) in [6.07, 6.45) is 5.91. The van der Waals surface area contributed by atoms with Gasteiger partial charge in [0.2, 0.25) is 0 Å². The van der Waals surface area contributed by atoms with Gasteiger partial charge < -0.3 is 20.3 Å². The summed E-state index contributed by atoms with van der Waals surface area (Å²) >= 11 is 0. The van der Waals surface area contributed by atoms with Crippen molar-refractivity contribution in [3.63, 3.8) is 0 Å². The van der Waals surface area contributed by atoms with Crippen molar-refractivity contribution in [3.8, 4) is 0 Å². The van der Waals surface area contributed by atoms with Gasteiger partial charge in [0.1, 0.15) is 0 Å². The second kappa shape index (κ2) is 14.2. The first-order valence-electron chi connectivity index (χ1n) is 11.9. The Morgan fingerprint density at radius 3 is 2.45 bits per heavy atom. The average Bonchev–Trinajstić information content (AvgIpc) is 3.34. The second-order valence-electron chi connectivity index (χ2n) is 8.42. The van der Waals surface area contributed by atoms with E-state index in [0.717, 1.165) is 71.2 Å². The van der Waals surface area contributed by atoms with Gasteiger partial charge in [-0.2, -0.15) is 0 Å². The van der Waals surface area contributed by atoms with Crippen LogP contribution in [-0.2, 0) is 4.74 Å². The SMILES string of the molecule is CCNC(=NCC1(N2CCCC2)CCOCC1)NCCCN(CC)c1ccccc1.I. The molecule has 2 fully saturated rings. The van der Waals surface area contributed by atoms with E-state index in [0.29, 0.717) is 0 Å². The van der Waals surface area contributed by atoms with E-state index in [1.807, 2.05) is 0 Å². The number of hydrogen-bond acceptors (Lipinski definition) is 4. The van der Waals surface area contributed by atoms with Crippen LogP contribution < -0.4 is 15.5 Å². The predicted molar refractivity (Wildman–Crippen MR) is 142 cm³/mol. The summed E-state index contributed by atoms with van der Waals surface area (Å²) < 4.78 is 5.68. The molecular weight excluding hydrogens is 501 g/mol. The number of nitrogens with zero attached hydrogens (tertiary/aromatic N) is 3. The molecule has 2 N–H and O–H groups in total. The van der Waals surface area contributed by atoms with Crippen LogP contribution in [0.15, 0.2) is 35.3 Å². The maximum absolute atomic E-state index is 5.68. The Morgan fingerprint density at radius 1 is 1.10 bits per heavy atom. The molecule has 2 heterocycles. The van der Waals surface area contributed by atoms with Gasteiger partial charge in [0.15, 0.2) is 5.96 Å². The summed E-state index contributed by atoms with van der Waals surface area (Å²) in [6, 6.07) is 10.7. The lowest BCUT2D eigenvalue weighted by Crippen LogP contribution is -2.54. The van der Waals surface area contributed by atoms with Crippen LogP contribution >= 0.6 is 24.0 Å². The van der Waals surface area contributed by atoms with Gasteiger partial charge in [0, 0.05) is 50.6 Å². The number of aliphatic imine (C=N–C) groups is 1. The second-order valence-corrected chi connectivity index (χ2v) is 8.42. The summed E-state index contributed by atoms with van der Waals surface area (Å²) in [5, 5.41) is 7.00. The molecule has 2 aliphatic rings. The van der Waals surface area contributed by atoms with Crippen LogP contribution in [0.1, 0.15) is 46.0 Å². The zero-order chi connectivity index (χ0) is 21.1. The normalized spacial score (nSPS) is 19.0. The molecule has 176 valence electrons. The van der Waals surface area contributed by atoms with Crippen molar-refractivity contribution in [2.45, 2.75) is 51.5 Å². The molecule has 0 amide bonds. The van der Waals surface area contributed by atoms with E-state index in [1.54, 1.807) is 0 Å². The number of likely N-dealkylation sites (tertiary alicyclic amines) is 1. The summed E-state index contributed by atoms with van der Waals surface area (Å²) in [7, 11) is 0. The summed E-state index contributed by atoms with van der Waals surface area (Å²) in [5.74, 6) is 0.949. The van der Waals surface area contributed by atoms with E-state index in [2.05, 4.69) is 64.6 Å². The molecule has 0 unspecified atom stereocenters. The topological polar surface area (TPSA) is 52.1 Å². The molecule has 31 heavy (non-hydrogen) atoms. The molecule has 0 spiro atoms. The number of rotatable bonds is 10. The predicted octanol–water partition coefficient (Wildman–Crippen LogP) is 3.72. The van der Waals surface area contributed by atoms with E-state index >= 15 is 0 Å². The van der Waals surface area contributed by atoms with Crippen molar-refractivity contribution in [3.05, 3.63) is 30.3 Å². The third-order valence-corrected chi connectivity index (χ3v) is 6.48. The molecule has 2 aliphatic heterocycles. The molecule has 0 radical (unpaired) electrons. The maximum Gasteiger partial charge on any atom is 0.191 e. The Kier molecular flexibility index (Phi) is 12.0. The van der Waals surface area contributed by atoms with Crippen molar-refractivity contribution >= 4 is 35.6 Å². The average molecular weight is 544 g/mol. The van der Waals surface area contributed by atoms with Gasteiger partial charge in [-0.05, 0) is 71.2 Å². The lowest BCUT2D eigenvalue weighted by molar-refractivity contribution is -0.0139. The minimum atomic E-state index is 0. The van der Waals surface area contributed by atoms with Crippen LogP contribution in [0.3, 0.4) is 0 Å². The van der Waals surface area contributed by atoms with Crippen molar-refractivity contribution < 1.29 is 4.74 Å². The van der Waals surface area contributed by atoms with Crippen LogP contribution in [-0.4, -0.2) is 75.4 Å². The molecule has 6 nitrogen and oxygen atoms in total. The number of nitrogens with one attached hydrogen (secondary N) is 2. The number of benzene rings is 1. The fraction of sp³-hybridized carbons (Fsp3) is 0.708. The number of guanidine groups is 1. The van der Waals surface area contributed by atoms with Crippen LogP contribution in [0.25, 0.3) is 0 Å². The minimum Gasteiger partial charge on any atom is -0.381 e. The Hall–Kier alpha value is -1.06. The van der Waals surface area contributed by atoms with Crippen molar-refractivity contribution in [2.24, 2.45) is 4.99 Å². The zero-order valence-electron chi connectivity index (χ0n) is 19.4. The van der Waals surface area contributed by atoms with Crippen LogP contribution in [0.5, 0.6) is 0 Å². The number of para-hydroxylation sites is 1. The zero-order valence-corrected chi connectivity index (χ0v) is 21.8. The molecule has 3 rings (SSSR count). The van der Waals surface area contributed by atoms with Gasteiger partial charge in [-0.15, -0.1) is 24.0 Å². The molecule has 1 aromatic carbocycles. The van der Waals surface area contributed by atoms with E-state index < -0.39 is 0 Å². The van der Waals surface area contributed by atoms with Crippen molar-refractivity contribution in [1.29, 1.82) is 0 Å². The van der Waals surface area contributed by atoms with E-state index in [9.17, 15) is 0 Å². The first-order valence-corrected chi connectivity index (χ1v) is 11.9. The Morgan fingerprint density at radius 2 is 1.81 bits per heavy atom. The van der Waals surface area contributed by atoms with Crippen LogP contribution in [0.4, 0.5) is 5.69 Å². The first kappa shape index (κ1) is 26.2. The lowest BCUT2D eigenvalue weighted by atomic mass is 9.88. The monoisotopic (exact) mass is 543 g/mol. The van der Waals surface area contributed by atoms with Gasteiger partial charge in [0.25, 0.3) is 0 Å². The Labute approximate surface area is 206 Å². The highest BCUT2D eigenvalue weighted by molar-refractivity contribution is 14.0. The number of hydrogen-bond donors (Lipinski definition) is 2. The third-order valence-electron chi connectivity index (χ3n) is 6.48. The molecule has 0 atom stereocenters. The number of anilines is 1. The molecule has 0 aliphatic carbocycles. The van der Waals surface area contributed by atoms with E-state index in [4.69, 9.17) is 9.73 Å². The molecular formula is C24H42IN5O. The van der Waals surface area contributed by atoms with E-state index in [-0.39, 0.29) is 29.5 Å². The highest BCUT2D eigenvalue weighted by Crippen LogP contribution is 2.31. The molecule has 0 saturated carbocycles. The Balaban J connectivity index is 0.00000341. The van der Waals surface area contributed by atoms with Crippen molar-refractivity contribution in [1.82, 2.24) is 15.5 Å². The molecule has 7 heteroatoms. The fourth-order valence-corrected chi connectivity index (χ4v) is 4.67. The third kappa shape index (κ3) is 7.79. The maximum atomic E-state index is 5.68. The first-order chi connectivity index (χ1) is 14.8. The van der Waals surface area contributed by atoms with Gasteiger partial charge >= 0.3 is 0 Å². The summed E-state index contributed by atoms with van der Waals surface area (Å²) in [4.78, 5) is 10.1. The van der Waals surface area contributed by atoms with Crippen LogP contribution in [0, 0.1) is 0 Å². The Bertz CT molecular complexity index is 630. The number of ether oxygens (including phenoxy) is 1. The molecule has 1 aromatic rings. The fourth-order valence-electron chi connectivity index (χ4n) is 4.67. The minimum absolute atomic E-state index is 0. The highest BCUT2D eigenvalue weighted by atomic mass is 127. The molecule has 2 saturated heterocycles. The summed E-state index contributed by atoms with van der Waals surface area (Å²) in [5.41, 5.74) is 1.48. The largest absolute Gasteiger partial charge is 0.381 e. The van der Waals surface area contributed by atoms with Gasteiger partial charge in [-0.1, -0.05) is 18.2 Å². The molecule has 0 aromatic heterocycles. The summed E-state index contributed by atoms with van der Waals surface area (Å²) in [6.45, 7) is 13.2. The smallest absolute Gasteiger partial charge is 0.191 e. The standard InChI is InChI=1S/C24H41N5O.HI/c1-3-25-23(26-15-10-16-28(4-2)22-11-6-5-7-12-22)27-21-24(13-19-30-20-14-24)29-17-8-9-18-29;/h5-7,11-12H,3-4,8-10,13-21H2,1-2H3,(H2,25,26,27);1H. The quantitative estimate of drug-likeness (QED) is 0.204. The number of halogens is 1. The van der Waals surface area contributed by atoms with Gasteiger partial charge in [0.05, 0.1) is 6.54 Å². The van der Waals surface area contributed by atoms with Crippen LogP contribution in [0.2, 0.25) is 0 Å². The van der Waals surface area contributed by atoms with Crippen molar-refractivity contribution in [2.75, 3.05) is 63.9 Å². The molecule has 0 bridgehead atoms.